The summed E-state index contributed by atoms with van der Waals surface area (Å²) in [6.45, 7) is 5.38. The Labute approximate surface area is 149 Å². The molecule has 2 aromatic rings. The highest BCUT2D eigenvalue weighted by Gasteiger charge is 2.28. The van der Waals surface area contributed by atoms with Crippen LogP contribution >= 0.6 is 0 Å². The Morgan fingerprint density at radius 1 is 1.12 bits per heavy atom. The lowest BCUT2D eigenvalue weighted by Crippen LogP contribution is -2.51. The molecule has 1 aliphatic heterocycles. The van der Waals surface area contributed by atoms with E-state index in [0.717, 1.165) is 22.2 Å². The standard InChI is InChI=1S/C18H25N3O3S/c1-4-25(23,24)21-11-9-20(10-12-21)18(22)13-16-14(2)19(3)17-8-6-5-7-15(16)17/h5-8H,4,9-13H2,1-3H3. The second kappa shape index (κ2) is 6.80. The molecule has 1 saturated heterocycles. The molecule has 0 unspecified atom stereocenters. The van der Waals surface area contributed by atoms with Crippen LogP contribution in [0.5, 0.6) is 0 Å². The van der Waals surface area contributed by atoms with Crippen LogP contribution < -0.4 is 0 Å². The molecule has 1 aromatic heterocycles. The molecule has 0 atom stereocenters. The third-order valence-corrected chi connectivity index (χ3v) is 7.09. The molecule has 0 bridgehead atoms. The topological polar surface area (TPSA) is 62.6 Å². The van der Waals surface area contributed by atoms with Gasteiger partial charge in [0, 0.05) is 49.8 Å². The Morgan fingerprint density at radius 3 is 2.40 bits per heavy atom. The minimum absolute atomic E-state index is 0.0630. The fourth-order valence-corrected chi connectivity index (χ4v) is 4.57. The van der Waals surface area contributed by atoms with Gasteiger partial charge in [-0.2, -0.15) is 4.31 Å². The van der Waals surface area contributed by atoms with Gasteiger partial charge < -0.3 is 9.47 Å². The first-order valence-corrected chi connectivity index (χ1v) is 10.2. The van der Waals surface area contributed by atoms with E-state index >= 15 is 0 Å². The number of rotatable bonds is 4. The maximum atomic E-state index is 12.7. The van der Waals surface area contributed by atoms with E-state index in [-0.39, 0.29) is 11.7 Å². The van der Waals surface area contributed by atoms with Gasteiger partial charge in [0.1, 0.15) is 0 Å². The lowest BCUT2D eigenvalue weighted by molar-refractivity contribution is -0.131. The average molecular weight is 363 g/mol. The molecule has 2 heterocycles. The van der Waals surface area contributed by atoms with Gasteiger partial charge in [0.05, 0.1) is 12.2 Å². The van der Waals surface area contributed by atoms with Crippen molar-refractivity contribution in [2.45, 2.75) is 20.3 Å². The van der Waals surface area contributed by atoms with Crippen molar-refractivity contribution in [3.63, 3.8) is 0 Å². The van der Waals surface area contributed by atoms with Gasteiger partial charge in [0.2, 0.25) is 15.9 Å². The van der Waals surface area contributed by atoms with Crippen molar-refractivity contribution in [1.29, 1.82) is 0 Å². The molecule has 1 aromatic carbocycles. The molecular weight excluding hydrogens is 338 g/mol. The van der Waals surface area contributed by atoms with Crippen molar-refractivity contribution >= 4 is 26.8 Å². The zero-order valence-electron chi connectivity index (χ0n) is 15.0. The molecule has 1 aliphatic rings. The molecule has 136 valence electrons. The van der Waals surface area contributed by atoms with Gasteiger partial charge >= 0.3 is 0 Å². The number of sulfonamides is 1. The molecule has 6 nitrogen and oxygen atoms in total. The predicted octanol–water partition coefficient (Wildman–Crippen LogP) is 1.52. The number of para-hydroxylation sites is 1. The first-order valence-electron chi connectivity index (χ1n) is 8.63. The van der Waals surface area contributed by atoms with Crippen LogP contribution in [0.4, 0.5) is 0 Å². The van der Waals surface area contributed by atoms with Crippen LogP contribution in [0.15, 0.2) is 24.3 Å². The number of carbonyl (C=O) groups excluding carboxylic acids is 1. The van der Waals surface area contributed by atoms with Crippen molar-refractivity contribution in [3.05, 3.63) is 35.5 Å². The summed E-state index contributed by atoms with van der Waals surface area (Å²) in [5.74, 6) is 0.170. The molecule has 1 amide bonds. The number of aromatic nitrogens is 1. The normalized spacial score (nSPS) is 16.5. The van der Waals surface area contributed by atoms with Gasteiger partial charge in [0.15, 0.2) is 0 Å². The Hall–Kier alpha value is -1.86. The fraction of sp³-hybridized carbons (Fsp3) is 0.500. The van der Waals surface area contributed by atoms with Gasteiger partial charge in [-0.3, -0.25) is 4.79 Å². The SMILES string of the molecule is CCS(=O)(=O)N1CCN(C(=O)Cc2c(C)n(C)c3ccccc23)CC1. The zero-order valence-corrected chi connectivity index (χ0v) is 15.8. The second-order valence-electron chi connectivity index (χ2n) is 6.50. The average Bonchev–Trinajstić information content (AvgIpc) is 2.87. The summed E-state index contributed by atoms with van der Waals surface area (Å²) in [5.41, 5.74) is 3.29. The third-order valence-electron chi connectivity index (χ3n) is 5.21. The van der Waals surface area contributed by atoms with Crippen molar-refractivity contribution in [1.82, 2.24) is 13.8 Å². The van der Waals surface area contributed by atoms with Crippen LogP contribution in [0, 0.1) is 6.92 Å². The van der Waals surface area contributed by atoms with Crippen LogP contribution in [-0.2, 0) is 28.3 Å². The van der Waals surface area contributed by atoms with Crippen LogP contribution in [-0.4, -0.2) is 60.0 Å². The number of piperazine rings is 1. The molecule has 0 radical (unpaired) electrons. The smallest absolute Gasteiger partial charge is 0.227 e. The van der Waals surface area contributed by atoms with E-state index in [9.17, 15) is 13.2 Å². The largest absolute Gasteiger partial charge is 0.348 e. The van der Waals surface area contributed by atoms with E-state index in [4.69, 9.17) is 0 Å². The molecule has 25 heavy (non-hydrogen) atoms. The maximum absolute atomic E-state index is 12.7. The number of hydrogen-bond donors (Lipinski definition) is 0. The number of hydrogen-bond acceptors (Lipinski definition) is 3. The van der Waals surface area contributed by atoms with Crippen molar-refractivity contribution in [2.24, 2.45) is 7.05 Å². The summed E-state index contributed by atoms with van der Waals surface area (Å²) in [6, 6.07) is 8.10. The van der Waals surface area contributed by atoms with Gasteiger partial charge in [-0.05, 0) is 25.5 Å². The molecule has 1 fully saturated rings. The molecule has 0 N–H and O–H groups in total. The van der Waals surface area contributed by atoms with E-state index < -0.39 is 10.0 Å². The summed E-state index contributed by atoms with van der Waals surface area (Å²) in [7, 11) is -1.16. The maximum Gasteiger partial charge on any atom is 0.227 e. The number of amides is 1. The lowest BCUT2D eigenvalue weighted by Gasteiger charge is -2.34. The van der Waals surface area contributed by atoms with Crippen molar-refractivity contribution < 1.29 is 13.2 Å². The Balaban J connectivity index is 1.73. The summed E-state index contributed by atoms with van der Waals surface area (Å²) >= 11 is 0. The zero-order chi connectivity index (χ0) is 18.2. The molecule has 0 spiro atoms. The minimum atomic E-state index is -3.17. The highest BCUT2D eigenvalue weighted by atomic mass is 32.2. The van der Waals surface area contributed by atoms with E-state index in [2.05, 4.69) is 16.7 Å². The van der Waals surface area contributed by atoms with E-state index in [1.165, 1.54) is 4.31 Å². The number of aryl methyl sites for hydroxylation is 1. The van der Waals surface area contributed by atoms with Crippen LogP contribution in [0.1, 0.15) is 18.2 Å². The van der Waals surface area contributed by atoms with Crippen LogP contribution in [0.3, 0.4) is 0 Å². The van der Waals surface area contributed by atoms with Gasteiger partial charge in [0.25, 0.3) is 0 Å². The number of benzene rings is 1. The Morgan fingerprint density at radius 2 is 1.76 bits per heavy atom. The summed E-state index contributed by atoms with van der Waals surface area (Å²) in [5, 5.41) is 1.11. The summed E-state index contributed by atoms with van der Waals surface area (Å²) in [6.07, 6.45) is 0.355. The Bertz CT molecular complexity index is 894. The van der Waals surface area contributed by atoms with Crippen LogP contribution in [0.25, 0.3) is 10.9 Å². The first kappa shape index (κ1) is 17.9. The first-order chi connectivity index (χ1) is 11.8. The van der Waals surface area contributed by atoms with Crippen molar-refractivity contribution in [2.75, 3.05) is 31.9 Å². The third kappa shape index (κ3) is 3.30. The second-order valence-corrected chi connectivity index (χ2v) is 8.75. The molecule has 0 saturated carbocycles. The summed E-state index contributed by atoms with van der Waals surface area (Å²) < 4.78 is 27.5. The van der Waals surface area contributed by atoms with E-state index in [1.807, 2.05) is 26.1 Å². The molecule has 0 aliphatic carbocycles. The van der Waals surface area contributed by atoms with Gasteiger partial charge in [-0.25, -0.2) is 8.42 Å². The molecular formula is C18H25N3O3S. The van der Waals surface area contributed by atoms with E-state index in [1.54, 1.807) is 11.8 Å². The number of nitrogens with zero attached hydrogens (tertiary/aromatic N) is 3. The van der Waals surface area contributed by atoms with Gasteiger partial charge in [-0.15, -0.1) is 0 Å². The van der Waals surface area contributed by atoms with Gasteiger partial charge in [-0.1, -0.05) is 18.2 Å². The monoisotopic (exact) mass is 363 g/mol. The van der Waals surface area contributed by atoms with E-state index in [0.29, 0.717) is 32.6 Å². The van der Waals surface area contributed by atoms with Crippen LogP contribution in [0.2, 0.25) is 0 Å². The van der Waals surface area contributed by atoms with Crippen molar-refractivity contribution in [3.8, 4) is 0 Å². The summed E-state index contributed by atoms with van der Waals surface area (Å²) in [4.78, 5) is 14.5. The highest BCUT2D eigenvalue weighted by molar-refractivity contribution is 7.89. The molecule has 7 heteroatoms. The number of fused-ring (bicyclic) bond motifs is 1. The molecule has 3 rings (SSSR count). The fourth-order valence-electron chi connectivity index (χ4n) is 3.48. The minimum Gasteiger partial charge on any atom is -0.348 e. The lowest BCUT2D eigenvalue weighted by atomic mass is 10.1. The highest BCUT2D eigenvalue weighted by Crippen LogP contribution is 2.25. The predicted molar refractivity (Wildman–Crippen MR) is 99.0 cm³/mol. The quantitative estimate of drug-likeness (QED) is 0.827. The number of carbonyl (C=O) groups is 1. The Kier molecular flexibility index (Phi) is 4.88.